The van der Waals surface area contributed by atoms with Crippen molar-refractivity contribution in [2.24, 2.45) is 0 Å². The van der Waals surface area contributed by atoms with Gasteiger partial charge in [-0.3, -0.25) is 5.32 Å². The van der Waals surface area contributed by atoms with E-state index in [-0.39, 0.29) is 5.02 Å². The molecule has 0 radical (unpaired) electrons. The van der Waals surface area contributed by atoms with Gasteiger partial charge in [0.15, 0.2) is 0 Å². The molecule has 0 aliphatic rings. The van der Waals surface area contributed by atoms with Crippen LogP contribution < -0.4 is 10.1 Å². The first-order valence-electron chi connectivity index (χ1n) is 5.12. The van der Waals surface area contributed by atoms with E-state index in [9.17, 15) is 18.3 Å². The van der Waals surface area contributed by atoms with Gasteiger partial charge in [-0.2, -0.15) is 13.2 Å². The Kier molecular flexibility index (Phi) is 5.25. The fourth-order valence-electron chi connectivity index (χ4n) is 1.53. The molecule has 0 aliphatic heterocycles. The average molecular weight is 284 g/mol. The minimum atomic E-state index is -4.36. The van der Waals surface area contributed by atoms with Gasteiger partial charge >= 0.3 is 6.18 Å². The zero-order valence-corrected chi connectivity index (χ0v) is 10.3. The van der Waals surface area contributed by atoms with E-state index in [1.54, 1.807) is 12.1 Å². The lowest BCUT2D eigenvalue weighted by Gasteiger charge is -2.21. The molecule has 2 N–H and O–H groups in total. The topological polar surface area (TPSA) is 41.5 Å². The molecule has 1 atom stereocenters. The van der Waals surface area contributed by atoms with Crippen LogP contribution in [0.1, 0.15) is 11.6 Å². The molecule has 7 heteroatoms. The van der Waals surface area contributed by atoms with Crippen LogP contribution in [-0.4, -0.2) is 31.5 Å². The van der Waals surface area contributed by atoms with Gasteiger partial charge in [-0.15, -0.1) is 0 Å². The summed E-state index contributed by atoms with van der Waals surface area (Å²) < 4.78 is 41.5. The first kappa shape index (κ1) is 15.1. The predicted molar refractivity (Wildman–Crippen MR) is 61.9 cm³/mol. The molecule has 0 aliphatic carbocycles. The molecule has 102 valence electrons. The Morgan fingerprint density at radius 2 is 2.11 bits per heavy atom. The first-order valence-corrected chi connectivity index (χ1v) is 5.50. The Morgan fingerprint density at radius 3 is 2.61 bits per heavy atom. The lowest BCUT2D eigenvalue weighted by Crippen LogP contribution is -2.34. The van der Waals surface area contributed by atoms with Crippen molar-refractivity contribution in [2.45, 2.75) is 12.2 Å². The molecule has 0 saturated heterocycles. The molecule has 0 bridgehead atoms. The predicted octanol–water partition coefficient (Wildman–Crippen LogP) is 2.53. The van der Waals surface area contributed by atoms with Crippen molar-refractivity contribution in [1.82, 2.24) is 5.32 Å². The lowest BCUT2D eigenvalue weighted by molar-refractivity contribution is -0.126. The van der Waals surface area contributed by atoms with E-state index in [0.29, 0.717) is 11.3 Å². The zero-order valence-electron chi connectivity index (χ0n) is 9.59. The summed E-state index contributed by atoms with van der Waals surface area (Å²) in [5.41, 5.74) is 0.313. The number of hydrogen-bond donors (Lipinski definition) is 2. The standard InChI is InChI=1S/C11H13ClF3NO2/c1-18-9-4-2-3-7(12)10(9)8(5-17)16-6-11(13,14)15/h2-4,8,16-17H,5-6H2,1H3. The highest BCUT2D eigenvalue weighted by Gasteiger charge is 2.29. The van der Waals surface area contributed by atoms with E-state index in [2.05, 4.69) is 5.32 Å². The Bertz CT molecular complexity index is 398. The van der Waals surface area contributed by atoms with Crippen molar-refractivity contribution >= 4 is 11.6 Å². The summed E-state index contributed by atoms with van der Waals surface area (Å²) in [4.78, 5) is 0. The smallest absolute Gasteiger partial charge is 0.401 e. The summed E-state index contributed by atoms with van der Waals surface area (Å²) in [5, 5.41) is 11.6. The van der Waals surface area contributed by atoms with Crippen molar-refractivity contribution in [1.29, 1.82) is 0 Å². The summed E-state index contributed by atoms with van der Waals surface area (Å²) in [7, 11) is 1.38. The third-order valence-electron chi connectivity index (χ3n) is 2.31. The van der Waals surface area contributed by atoms with Crippen molar-refractivity contribution in [3.63, 3.8) is 0 Å². The minimum Gasteiger partial charge on any atom is -0.496 e. The number of nitrogens with one attached hydrogen (secondary N) is 1. The van der Waals surface area contributed by atoms with Crippen LogP contribution in [0.4, 0.5) is 13.2 Å². The van der Waals surface area contributed by atoms with Crippen molar-refractivity contribution in [3.05, 3.63) is 28.8 Å². The number of halogens is 4. The molecule has 18 heavy (non-hydrogen) atoms. The van der Waals surface area contributed by atoms with Crippen LogP contribution in [0.25, 0.3) is 0 Å². The van der Waals surface area contributed by atoms with Gasteiger partial charge in [-0.25, -0.2) is 0 Å². The largest absolute Gasteiger partial charge is 0.496 e. The van der Waals surface area contributed by atoms with E-state index >= 15 is 0 Å². The maximum absolute atomic E-state index is 12.1. The Balaban J connectivity index is 2.94. The Hall–Kier alpha value is -0.980. The molecule has 0 aromatic heterocycles. The highest BCUT2D eigenvalue weighted by Crippen LogP contribution is 2.32. The second-order valence-electron chi connectivity index (χ2n) is 3.59. The maximum Gasteiger partial charge on any atom is 0.401 e. The van der Waals surface area contributed by atoms with Gasteiger partial charge in [0.05, 0.1) is 26.3 Å². The number of aliphatic hydroxyl groups is 1. The number of aliphatic hydroxyl groups excluding tert-OH is 1. The highest BCUT2D eigenvalue weighted by atomic mass is 35.5. The number of benzene rings is 1. The third-order valence-corrected chi connectivity index (χ3v) is 2.64. The second kappa shape index (κ2) is 6.26. The van der Waals surface area contributed by atoms with E-state index in [4.69, 9.17) is 16.3 Å². The molecule has 0 spiro atoms. The maximum atomic E-state index is 12.1. The van der Waals surface area contributed by atoms with Gasteiger partial charge in [-0.1, -0.05) is 17.7 Å². The molecule has 0 fully saturated rings. The molecular formula is C11H13ClF3NO2. The normalized spacial score (nSPS) is 13.4. The van der Waals surface area contributed by atoms with E-state index < -0.39 is 25.4 Å². The lowest BCUT2D eigenvalue weighted by atomic mass is 10.1. The molecule has 1 aromatic rings. The van der Waals surface area contributed by atoms with Gasteiger partial charge in [-0.05, 0) is 12.1 Å². The van der Waals surface area contributed by atoms with Gasteiger partial charge in [0.1, 0.15) is 5.75 Å². The van der Waals surface area contributed by atoms with Gasteiger partial charge in [0, 0.05) is 10.6 Å². The molecule has 0 heterocycles. The number of hydrogen-bond acceptors (Lipinski definition) is 3. The molecule has 1 rings (SSSR count). The molecular weight excluding hydrogens is 271 g/mol. The van der Waals surface area contributed by atoms with Crippen LogP contribution in [0.3, 0.4) is 0 Å². The van der Waals surface area contributed by atoms with Crippen LogP contribution in [0.15, 0.2) is 18.2 Å². The van der Waals surface area contributed by atoms with E-state index in [1.165, 1.54) is 13.2 Å². The van der Waals surface area contributed by atoms with Gasteiger partial charge in [0.2, 0.25) is 0 Å². The number of rotatable bonds is 5. The molecule has 3 nitrogen and oxygen atoms in total. The first-order chi connectivity index (χ1) is 8.39. The monoisotopic (exact) mass is 283 g/mol. The summed E-state index contributed by atoms with van der Waals surface area (Å²) in [6.45, 7) is -1.73. The van der Waals surface area contributed by atoms with E-state index in [0.717, 1.165) is 0 Å². The quantitative estimate of drug-likeness (QED) is 0.872. The summed E-state index contributed by atoms with van der Waals surface area (Å²) in [6.07, 6.45) is -4.36. The van der Waals surface area contributed by atoms with E-state index in [1.807, 2.05) is 0 Å². The van der Waals surface area contributed by atoms with Crippen molar-refractivity contribution < 1.29 is 23.0 Å². The van der Waals surface area contributed by atoms with Crippen LogP contribution >= 0.6 is 11.6 Å². The van der Waals surface area contributed by atoms with Crippen LogP contribution in [0.2, 0.25) is 5.02 Å². The number of methoxy groups -OCH3 is 1. The zero-order chi connectivity index (χ0) is 13.8. The Labute approximate surface area is 108 Å². The minimum absolute atomic E-state index is 0.239. The van der Waals surface area contributed by atoms with Gasteiger partial charge < -0.3 is 9.84 Å². The third kappa shape index (κ3) is 4.04. The second-order valence-corrected chi connectivity index (χ2v) is 3.99. The summed E-state index contributed by atoms with van der Waals surface area (Å²) in [6, 6.07) is 3.77. The summed E-state index contributed by atoms with van der Waals surface area (Å²) >= 11 is 5.92. The molecule has 1 unspecified atom stereocenters. The van der Waals surface area contributed by atoms with Crippen molar-refractivity contribution in [3.8, 4) is 5.75 Å². The molecule has 0 amide bonds. The number of alkyl halides is 3. The molecule has 0 saturated carbocycles. The SMILES string of the molecule is COc1cccc(Cl)c1C(CO)NCC(F)(F)F. The number of ether oxygens (including phenoxy) is 1. The fourth-order valence-corrected chi connectivity index (χ4v) is 1.83. The summed E-state index contributed by atoms with van der Waals surface area (Å²) in [5.74, 6) is 0.330. The van der Waals surface area contributed by atoms with Gasteiger partial charge in [0.25, 0.3) is 0 Å². The van der Waals surface area contributed by atoms with Crippen LogP contribution in [0.5, 0.6) is 5.75 Å². The van der Waals surface area contributed by atoms with Crippen LogP contribution in [-0.2, 0) is 0 Å². The highest BCUT2D eigenvalue weighted by molar-refractivity contribution is 6.31. The van der Waals surface area contributed by atoms with Crippen LogP contribution in [0, 0.1) is 0 Å². The Morgan fingerprint density at radius 1 is 1.44 bits per heavy atom. The average Bonchev–Trinajstić information content (AvgIpc) is 2.30. The van der Waals surface area contributed by atoms with Crippen molar-refractivity contribution in [2.75, 3.05) is 20.3 Å². The fraction of sp³-hybridized carbons (Fsp3) is 0.455. The molecule has 1 aromatic carbocycles.